The fourth-order valence-corrected chi connectivity index (χ4v) is 4.09. The Kier molecular flexibility index (Phi) is 2.14. The van der Waals surface area contributed by atoms with E-state index >= 15 is 0 Å². The average molecular weight is 212 g/mol. The van der Waals surface area contributed by atoms with Crippen LogP contribution in [0.5, 0.6) is 0 Å². The minimum Gasteiger partial charge on any atom is -0.396 e. The number of piperidine rings is 1. The predicted octanol–water partition coefficient (Wildman–Crippen LogP) is -0.286. The maximum atomic E-state index is 11.4. The zero-order valence-electron chi connectivity index (χ0n) is 9.58. The molecule has 0 spiro atoms. The van der Waals surface area contributed by atoms with Gasteiger partial charge in [0.25, 0.3) is 0 Å². The van der Waals surface area contributed by atoms with Gasteiger partial charge >= 0.3 is 0 Å². The van der Waals surface area contributed by atoms with Gasteiger partial charge in [-0.3, -0.25) is 4.79 Å². The first-order valence-corrected chi connectivity index (χ1v) is 5.54. The molecule has 0 aromatic rings. The summed E-state index contributed by atoms with van der Waals surface area (Å²) < 4.78 is 0. The number of hydrogen-bond donors (Lipinski definition) is 3. The lowest BCUT2D eigenvalue weighted by atomic mass is 9.78. The lowest BCUT2D eigenvalue weighted by Gasteiger charge is -2.31. The fraction of sp³-hybridized carbons (Fsp3) is 0.909. The van der Waals surface area contributed by atoms with Crippen LogP contribution in [0.15, 0.2) is 0 Å². The highest BCUT2D eigenvalue weighted by atomic mass is 16.3. The molecule has 4 atom stereocenters. The Hall–Kier alpha value is -0.610. The van der Waals surface area contributed by atoms with E-state index in [0.717, 1.165) is 6.54 Å². The van der Waals surface area contributed by atoms with Gasteiger partial charge in [0.2, 0.25) is 5.91 Å². The molecular weight excluding hydrogens is 192 g/mol. The molecule has 4 nitrogen and oxygen atoms in total. The van der Waals surface area contributed by atoms with Crippen LogP contribution in [0.25, 0.3) is 0 Å². The molecule has 1 saturated heterocycles. The van der Waals surface area contributed by atoms with E-state index in [1.165, 1.54) is 0 Å². The van der Waals surface area contributed by atoms with Crippen molar-refractivity contribution in [3.8, 4) is 0 Å². The average Bonchev–Trinajstić information content (AvgIpc) is 2.55. The summed E-state index contributed by atoms with van der Waals surface area (Å²) in [6.07, 6.45) is 0. The fourth-order valence-electron chi connectivity index (χ4n) is 4.09. The van der Waals surface area contributed by atoms with E-state index in [0.29, 0.717) is 5.92 Å². The van der Waals surface area contributed by atoms with E-state index in [4.69, 9.17) is 5.73 Å². The van der Waals surface area contributed by atoms with Crippen molar-refractivity contribution in [2.24, 2.45) is 28.4 Å². The van der Waals surface area contributed by atoms with E-state index in [-0.39, 0.29) is 35.3 Å². The Labute approximate surface area is 90.2 Å². The molecule has 86 valence electrons. The van der Waals surface area contributed by atoms with Gasteiger partial charge in [-0.15, -0.1) is 0 Å². The van der Waals surface area contributed by atoms with Crippen LogP contribution in [-0.4, -0.2) is 30.2 Å². The van der Waals surface area contributed by atoms with Crippen molar-refractivity contribution in [1.29, 1.82) is 0 Å². The summed E-state index contributed by atoms with van der Waals surface area (Å²) in [6.45, 7) is 7.29. The lowest BCUT2D eigenvalue weighted by molar-refractivity contribution is -0.122. The SMILES string of the molecule is C[C@H](CO)C12C(C(N)=O)NCC1C2(C)C. The van der Waals surface area contributed by atoms with E-state index in [1.54, 1.807) is 0 Å². The first-order chi connectivity index (χ1) is 6.90. The third kappa shape index (κ3) is 1.01. The quantitative estimate of drug-likeness (QED) is 0.602. The normalized spacial score (nSPS) is 43.5. The van der Waals surface area contributed by atoms with Crippen LogP contribution in [0.1, 0.15) is 20.8 Å². The van der Waals surface area contributed by atoms with Crippen LogP contribution in [0.2, 0.25) is 0 Å². The molecule has 1 saturated carbocycles. The van der Waals surface area contributed by atoms with Crippen LogP contribution < -0.4 is 11.1 Å². The molecule has 1 aliphatic carbocycles. The number of aliphatic hydroxyl groups is 1. The summed E-state index contributed by atoms with van der Waals surface area (Å²) in [4.78, 5) is 11.4. The van der Waals surface area contributed by atoms with Gasteiger partial charge in [-0.25, -0.2) is 0 Å². The molecule has 1 heterocycles. The van der Waals surface area contributed by atoms with Gasteiger partial charge in [-0.2, -0.15) is 0 Å². The highest BCUT2D eigenvalue weighted by Crippen LogP contribution is 2.75. The summed E-state index contributed by atoms with van der Waals surface area (Å²) in [7, 11) is 0. The van der Waals surface area contributed by atoms with Gasteiger partial charge in [0.1, 0.15) is 0 Å². The number of fused-ring (bicyclic) bond motifs is 1. The minimum atomic E-state index is -0.289. The van der Waals surface area contributed by atoms with E-state index in [2.05, 4.69) is 19.2 Å². The minimum absolute atomic E-state index is 0.111. The lowest BCUT2D eigenvalue weighted by Crippen LogP contribution is -2.49. The second-order valence-electron chi connectivity index (χ2n) is 5.53. The number of rotatable bonds is 3. The number of carbonyl (C=O) groups excluding carboxylic acids is 1. The van der Waals surface area contributed by atoms with Crippen LogP contribution in [0.4, 0.5) is 0 Å². The summed E-state index contributed by atoms with van der Waals surface area (Å²) in [6, 6.07) is -0.278. The van der Waals surface area contributed by atoms with Gasteiger partial charge < -0.3 is 16.2 Å². The van der Waals surface area contributed by atoms with Crippen molar-refractivity contribution in [3.05, 3.63) is 0 Å². The van der Waals surface area contributed by atoms with Gasteiger partial charge in [0.05, 0.1) is 6.04 Å². The molecule has 0 radical (unpaired) electrons. The van der Waals surface area contributed by atoms with Crippen molar-refractivity contribution in [2.75, 3.05) is 13.2 Å². The molecule has 2 aliphatic rings. The Morgan fingerprint density at radius 3 is 2.67 bits per heavy atom. The van der Waals surface area contributed by atoms with Crippen LogP contribution in [0, 0.1) is 22.7 Å². The number of amides is 1. The Morgan fingerprint density at radius 1 is 1.67 bits per heavy atom. The molecule has 3 unspecified atom stereocenters. The van der Waals surface area contributed by atoms with E-state index < -0.39 is 0 Å². The smallest absolute Gasteiger partial charge is 0.235 e. The molecule has 15 heavy (non-hydrogen) atoms. The van der Waals surface area contributed by atoms with Gasteiger partial charge in [0, 0.05) is 12.0 Å². The molecule has 2 fully saturated rings. The van der Waals surface area contributed by atoms with Gasteiger partial charge in [0.15, 0.2) is 0 Å². The summed E-state index contributed by atoms with van der Waals surface area (Å²) in [5.74, 6) is 0.290. The number of carbonyl (C=O) groups is 1. The van der Waals surface area contributed by atoms with Crippen molar-refractivity contribution in [3.63, 3.8) is 0 Å². The molecule has 0 bridgehead atoms. The number of hydrogen-bond acceptors (Lipinski definition) is 3. The van der Waals surface area contributed by atoms with Crippen molar-refractivity contribution >= 4 is 5.91 Å². The van der Waals surface area contributed by atoms with Crippen LogP contribution in [-0.2, 0) is 4.79 Å². The third-order valence-corrected chi connectivity index (χ3v) is 4.86. The van der Waals surface area contributed by atoms with Gasteiger partial charge in [-0.05, 0) is 23.8 Å². The van der Waals surface area contributed by atoms with Crippen LogP contribution >= 0.6 is 0 Å². The first-order valence-electron chi connectivity index (χ1n) is 5.54. The van der Waals surface area contributed by atoms with Crippen molar-refractivity contribution in [1.82, 2.24) is 5.32 Å². The number of aliphatic hydroxyl groups excluding tert-OH is 1. The molecule has 1 amide bonds. The molecule has 4 N–H and O–H groups in total. The predicted molar refractivity (Wildman–Crippen MR) is 56.9 cm³/mol. The maximum Gasteiger partial charge on any atom is 0.235 e. The number of nitrogens with two attached hydrogens (primary N) is 1. The zero-order chi connectivity index (χ0) is 11.4. The second kappa shape index (κ2) is 2.95. The molecular formula is C11H20N2O2. The van der Waals surface area contributed by atoms with Crippen molar-refractivity contribution < 1.29 is 9.90 Å². The Balaban J connectivity index is 2.36. The first kappa shape index (κ1) is 10.9. The number of nitrogens with one attached hydrogen (secondary N) is 1. The Morgan fingerprint density at radius 2 is 2.27 bits per heavy atom. The largest absolute Gasteiger partial charge is 0.396 e. The van der Waals surface area contributed by atoms with E-state index in [9.17, 15) is 9.90 Å². The summed E-state index contributed by atoms with van der Waals surface area (Å²) in [5, 5.41) is 12.5. The molecule has 2 rings (SSSR count). The number of primary amides is 1. The standard InChI is InChI=1S/C11H20N2O2/c1-6(5-14)11-7(10(11,2)3)4-13-8(11)9(12)15/h6-8,13-14H,4-5H2,1-3H3,(H2,12,15)/t6-,7?,8?,11?/m1/s1. The topological polar surface area (TPSA) is 75.3 Å². The molecule has 1 aliphatic heterocycles. The maximum absolute atomic E-state index is 11.4. The van der Waals surface area contributed by atoms with E-state index in [1.807, 2.05) is 6.92 Å². The monoisotopic (exact) mass is 212 g/mol. The molecule has 4 heteroatoms. The summed E-state index contributed by atoms with van der Waals surface area (Å²) in [5.41, 5.74) is 5.41. The Bertz CT molecular complexity index is 303. The molecule has 0 aromatic carbocycles. The van der Waals surface area contributed by atoms with Crippen LogP contribution in [0.3, 0.4) is 0 Å². The highest BCUT2D eigenvalue weighted by molar-refractivity contribution is 5.83. The van der Waals surface area contributed by atoms with Gasteiger partial charge in [-0.1, -0.05) is 20.8 Å². The third-order valence-electron chi connectivity index (χ3n) is 4.86. The molecule has 0 aromatic heterocycles. The zero-order valence-corrected chi connectivity index (χ0v) is 9.58. The second-order valence-corrected chi connectivity index (χ2v) is 5.53. The van der Waals surface area contributed by atoms with Crippen molar-refractivity contribution in [2.45, 2.75) is 26.8 Å². The summed E-state index contributed by atoms with van der Waals surface area (Å²) >= 11 is 0. The highest BCUT2D eigenvalue weighted by Gasteiger charge is 2.79.